The molecule has 0 aromatic heterocycles. The number of aliphatic hydroxyl groups excluding tert-OH is 1. The second kappa shape index (κ2) is 10.9. The van der Waals surface area contributed by atoms with Gasteiger partial charge in [0.25, 0.3) is 0 Å². The highest BCUT2D eigenvalue weighted by Gasteiger charge is 2.32. The number of aliphatic hydroxyl groups is 1. The first-order valence-corrected chi connectivity index (χ1v) is 11.9. The van der Waals surface area contributed by atoms with Gasteiger partial charge >= 0.3 is 6.03 Å². The van der Waals surface area contributed by atoms with E-state index in [0.29, 0.717) is 30.5 Å². The third-order valence-corrected chi connectivity index (χ3v) is 6.96. The first kappa shape index (κ1) is 24.1. The molecule has 0 aliphatic carbocycles. The van der Waals surface area contributed by atoms with Crippen LogP contribution in [0.4, 0.5) is 14.9 Å². The molecule has 32 heavy (non-hydrogen) atoms. The minimum absolute atomic E-state index is 0.192. The Bertz CT molecular complexity index is 1030. The largest absolute Gasteiger partial charge is 0.394 e. The Kier molecular flexibility index (Phi) is 8.19. The summed E-state index contributed by atoms with van der Waals surface area (Å²) in [5.41, 5.74) is 0.985. The molecule has 4 N–H and O–H groups in total. The van der Waals surface area contributed by atoms with Gasteiger partial charge in [0.05, 0.1) is 23.6 Å². The first-order valence-electron chi connectivity index (χ1n) is 10.4. The van der Waals surface area contributed by atoms with Crippen molar-refractivity contribution in [2.24, 2.45) is 0 Å². The van der Waals surface area contributed by atoms with Crippen LogP contribution in [0.25, 0.3) is 0 Å². The normalized spacial score (nSPS) is 21.2. The Morgan fingerprint density at radius 1 is 1.19 bits per heavy atom. The van der Waals surface area contributed by atoms with Gasteiger partial charge in [0.2, 0.25) is 10.0 Å². The van der Waals surface area contributed by atoms with E-state index in [1.54, 1.807) is 37.3 Å². The van der Waals surface area contributed by atoms with E-state index in [4.69, 9.17) is 4.74 Å². The van der Waals surface area contributed by atoms with Gasteiger partial charge in [0.1, 0.15) is 11.9 Å². The van der Waals surface area contributed by atoms with Crippen molar-refractivity contribution < 1.29 is 27.4 Å². The molecule has 10 heteroatoms. The summed E-state index contributed by atoms with van der Waals surface area (Å²) in [6, 6.07) is 11.3. The molecule has 0 saturated carbocycles. The van der Waals surface area contributed by atoms with Crippen LogP contribution in [0.3, 0.4) is 0 Å². The number of urea groups is 1. The lowest BCUT2D eigenvalue weighted by Gasteiger charge is -2.36. The van der Waals surface area contributed by atoms with Gasteiger partial charge in [-0.3, -0.25) is 0 Å². The van der Waals surface area contributed by atoms with Crippen LogP contribution in [0.15, 0.2) is 53.4 Å². The molecule has 0 radical (unpaired) electrons. The third kappa shape index (κ3) is 6.49. The standard InChI is InChI=1S/C22H28FN3O5S/c1-15-5-2-3-8-21(15)32(29,30)24-12-11-18-9-10-19(20(14-27)31-18)26-22(28)25-17-7-4-6-16(23)13-17/h2-8,13,18-20,24,27H,9-12,14H2,1H3,(H2,25,26,28)/t18-,19-,20-/m1/s1. The highest BCUT2D eigenvalue weighted by molar-refractivity contribution is 7.89. The minimum atomic E-state index is -3.62. The predicted molar refractivity (Wildman–Crippen MR) is 118 cm³/mol. The minimum Gasteiger partial charge on any atom is -0.394 e. The van der Waals surface area contributed by atoms with Crippen molar-refractivity contribution in [1.82, 2.24) is 10.0 Å². The van der Waals surface area contributed by atoms with Crippen molar-refractivity contribution in [2.75, 3.05) is 18.5 Å². The molecule has 2 aromatic rings. The third-order valence-electron chi connectivity index (χ3n) is 5.34. The van der Waals surface area contributed by atoms with Gasteiger partial charge in [0, 0.05) is 12.2 Å². The Morgan fingerprint density at radius 3 is 2.69 bits per heavy atom. The molecule has 174 valence electrons. The van der Waals surface area contributed by atoms with E-state index in [9.17, 15) is 22.7 Å². The second-order valence-corrected chi connectivity index (χ2v) is 9.46. The highest BCUT2D eigenvalue weighted by atomic mass is 32.2. The van der Waals surface area contributed by atoms with Crippen LogP contribution in [0.1, 0.15) is 24.8 Å². The topological polar surface area (TPSA) is 117 Å². The monoisotopic (exact) mass is 465 g/mol. The Hall–Kier alpha value is -2.53. The lowest BCUT2D eigenvalue weighted by atomic mass is 9.97. The molecule has 3 rings (SSSR count). The number of benzene rings is 2. The van der Waals surface area contributed by atoms with Gasteiger partial charge in [-0.2, -0.15) is 0 Å². The summed E-state index contributed by atoms with van der Waals surface area (Å²) < 4.78 is 46.7. The van der Waals surface area contributed by atoms with Gasteiger partial charge in [-0.05, 0) is 56.0 Å². The molecule has 1 saturated heterocycles. The molecule has 2 amide bonds. The van der Waals surface area contributed by atoms with Crippen molar-refractivity contribution in [3.63, 3.8) is 0 Å². The van der Waals surface area contributed by atoms with Crippen LogP contribution in [0.5, 0.6) is 0 Å². The number of aryl methyl sites for hydroxylation is 1. The number of ether oxygens (including phenoxy) is 1. The quantitative estimate of drug-likeness (QED) is 0.478. The summed E-state index contributed by atoms with van der Waals surface area (Å²) in [4.78, 5) is 12.5. The van der Waals surface area contributed by atoms with E-state index in [2.05, 4.69) is 15.4 Å². The number of amides is 2. The highest BCUT2D eigenvalue weighted by Crippen LogP contribution is 2.22. The number of hydrogen-bond acceptors (Lipinski definition) is 5. The number of carbonyl (C=O) groups excluding carboxylic acids is 1. The van der Waals surface area contributed by atoms with Crippen LogP contribution in [-0.2, 0) is 14.8 Å². The van der Waals surface area contributed by atoms with Crippen LogP contribution in [0, 0.1) is 12.7 Å². The van der Waals surface area contributed by atoms with Crippen LogP contribution in [-0.4, -0.2) is 51.0 Å². The molecule has 1 heterocycles. The van der Waals surface area contributed by atoms with Crippen LogP contribution < -0.4 is 15.4 Å². The Balaban J connectivity index is 1.47. The molecule has 1 fully saturated rings. The molecular formula is C22H28FN3O5S. The van der Waals surface area contributed by atoms with E-state index in [0.717, 1.165) is 0 Å². The molecule has 0 unspecified atom stereocenters. The number of rotatable bonds is 8. The number of nitrogens with one attached hydrogen (secondary N) is 3. The van der Waals surface area contributed by atoms with E-state index in [1.165, 1.54) is 18.2 Å². The number of sulfonamides is 1. The molecule has 8 nitrogen and oxygen atoms in total. The second-order valence-electron chi connectivity index (χ2n) is 7.72. The number of carbonyl (C=O) groups is 1. The van der Waals surface area contributed by atoms with E-state index < -0.39 is 34.0 Å². The van der Waals surface area contributed by atoms with Crippen LogP contribution in [0.2, 0.25) is 0 Å². The maximum atomic E-state index is 13.3. The molecule has 0 spiro atoms. The Morgan fingerprint density at radius 2 is 1.97 bits per heavy atom. The SMILES string of the molecule is Cc1ccccc1S(=O)(=O)NCC[C@H]1CC[C@@H](NC(=O)Nc2cccc(F)c2)[C@@H](CO)O1. The molecule has 1 aliphatic rings. The summed E-state index contributed by atoms with van der Waals surface area (Å²) in [6.07, 6.45) is 0.699. The number of halogens is 1. The van der Waals surface area contributed by atoms with Gasteiger partial charge in [-0.15, -0.1) is 0 Å². The smallest absolute Gasteiger partial charge is 0.319 e. The van der Waals surface area contributed by atoms with Crippen LogP contribution >= 0.6 is 0 Å². The van der Waals surface area contributed by atoms with Gasteiger partial charge in [-0.1, -0.05) is 24.3 Å². The predicted octanol–water partition coefficient (Wildman–Crippen LogP) is 2.53. The van der Waals surface area contributed by atoms with Gasteiger partial charge in [0.15, 0.2) is 0 Å². The molecule has 1 aliphatic heterocycles. The summed E-state index contributed by atoms with van der Waals surface area (Å²) in [7, 11) is -3.62. The van der Waals surface area contributed by atoms with Gasteiger partial charge in [-0.25, -0.2) is 22.3 Å². The zero-order valence-corrected chi connectivity index (χ0v) is 18.6. The molecule has 3 atom stereocenters. The first-order chi connectivity index (χ1) is 15.3. The maximum Gasteiger partial charge on any atom is 0.319 e. The van der Waals surface area contributed by atoms with Crippen molar-refractivity contribution in [3.8, 4) is 0 Å². The van der Waals surface area contributed by atoms with E-state index in [-0.39, 0.29) is 24.2 Å². The lowest BCUT2D eigenvalue weighted by molar-refractivity contribution is -0.0884. The molecule has 0 bridgehead atoms. The summed E-state index contributed by atoms with van der Waals surface area (Å²) in [6.45, 7) is 1.64. The van der Waals surface area contributed by atoms with Crippen molar-refractivity contribution in [2.45, 2.75) is 49.3 Å². The van der Waals surface area contributed by atoms with Crippen molar-refractivity contribution in [1.29, 1.82) is 0 Å². The summed E-state index contributed by atoms with van der Waals surface area (Å²) >= 11 is 0. The molecule has 2 aromatic carbocycles. The number of anilines is 1. The lowest BCUT2D eigenvalue weighted by Crippen LogP contribution is -2.52. The fraction of sp³-hybridized carbons (Fsp3) is 0.409. The average Bonchev–Trinajstić information content (AvgIpc) is 2.74. The van der Waals surface area contributed by atoms with Crippen molar-refractivity contribution in [3.05, 3.63) is 59.9 Å². The fourth-order valence-electron chi connectivity index (χ4n) is 3.70. The van der Waals surface area contributed by atoms with Crippen molar-refractivity contribution >= 4 is 21.7 Å². The van der Waals surface area contributed by atoms with E-state index in [1.807, 2.05) is 0 Å². The fourth-order valence-corrected chi connectivity index (χ4v) is 4.99. The Labute approximate surface area is 187 Å². The zero-order valence-electron chi connectivity index (χ0n) is 17.8. The average molecular weight is 466 g/mol. The molecular weight excluding hydrogens is 437 g/mol. The number of hydrogen-bond donors (Lipinski definition) is 4. The maximum absolute atomic E-state index is 13.3. The van der Waals surface area contributed by atoms with E-state index >= 15 is 0 Å². The van der Waals surface area contributed by atoms with Gasteiger partial charge < -0.3 is 20.5 Å². The zero-order chi connectivity index (χ0) is 23.1. The summed E-state index contributed by atoms with van der Waals surface area (Å²) in [5, 5.41) is 15.0. The summed E-state index contributed by atoms with van der Waals surface area (Å²) in [5.74, 6) is -0.460.